The standard InChI is InChI=1S/C9H12N3/c1-2-6-10-8(4-1)9-5-3-7-11-12-9/h3,5,7-8H,1-2,4,6H2. The number of hydrogen-bond donors (Lipinski definition) is 0. The van der Waals surface area contributed by atoms with E-state index in [1.54, 1.807) is 6.20 Å². The maximum Gasteiger partial charge on any atom is 0.0816 e. The van der Waals surface area contributed by atoms with Gasteiger partial charge in [-0.25, -0.2) is 5.32 Å². The van der Waals surface area contributed by atoms with Crippen LogP contribution >= 0.6 is 0 Å². The molecule has 1 fully saturated rings. The number of piperidine rings is 1. The van der Waals surface area contributed by atoms with Gasteiger partial charge in [0.2, 0.25) is 0 Å². The molecular weight excluding hydrogens is 150 g/mol. The third kappa shape index (κ3) is 1.61. The molecule has 12 heavy (non-hydrogen) atoms. The number of nitrogens with zero attached hydrogens (tertiary/aromatic N) is 3. The number of rotatable bonds is 1. The molecule has 2 heterocycles. The molecule has 3 heteroatoms. The molecule has 0 spiro atoms. The molecule has 1 aliphatic heterocycles. The molecule has 1 aromatic heterocycles. The highest BCUT2D eigenvalue weighted by Gasteiger charge is 2.16. The largest absolute Gasteiger partial charge is 0.232 e. The summed E-state index contributed by atoms with van der Waals surface area (Å²) in [6.45, 7) is 0.987. The first-order valence-corrected chi connectivity index (χ1v) is 4.41. The minimum atomic E-state index is 0.312. The predicted molar refractivity (Wildman–Crippen MR) is 45.6 cm³/mol. The average Bonchev–Trinajstić information content (AvgIpc) is 2.21. The first kappa shape index (κ1) is 7.68. The van der Waals surface area contributed by atoms with Crippen molar-refractivity contribution >= 4 is 0 Å². The highest BCUT2D eigenvalue weighted by atomic mass is 15.1. The Bertz CT molecular complexity index is 229. The average molecular weight is 162 g/mol. The van der Waals surface area contributed by atoms with Crippen molar-refractivity contribution in [2.75, 3.05) is 6.54 Å². The van der Waals surface area contributed by atoms with Crippen LogP contribution in [0.15, 0.2) is 18.3 Å². The molecule has 1 aliphatic rings. The van der Waals surface area contributed by atoms with Crippen molar-refractivity contribution in [1.29, 1.82) is 0 Å². The Labute approximate surface area is 72.2 Å². The molecule has 0 aromatic carbocycles. The molecule has 0 saturated carbocycles. The molecule has 0 amide bonds. The quantitative estimate of drug-likeness (QED) is 0.624. The van der Waals surface area contributed by atoms with Crippen LogP contribution in [0.4, 0.5) is 0 Å². The third-order valence-electron chi connectivity index (χ3n) is 2.17. The summed E-state index contributed by atoms with van der Waals surface area (Å²) in [6.07, 6.45) is 5.34. The SMILES string of the molecule is c1cnnc(C2CCCC[N]2)c1. The highest BCUT2D eigenvalue weighted by Crippen LogP contribution is 2.21. The first-order chi connectivity index (χ1) is 5.97. The van der Waals surface area contributed by atoms with Crippen LogP contribution < -0.4 is 5.32 Å². The van der Waals surface area contributed by atoms with E-state index >= 15 is 0 Å². The second-order valence-corrected chi connectivity index (χ2v) is 3.07. The van der Waals surface area contributed by atoms with Crippen molar-refractivity contribution in [1.82, 2.24) is 15.5 Å². The van der Waals surface area contributed by atoms with E-state index in [0.717, 1.165) is 18.7 Å². The van der Waals surface area contributed by atoms with Gasteiger partial charge in [0.1, 0.15) is 0 Å². The van der Waals surface area contributed by atoms with Crippen LogP contribution in [0.5, 0.6) is 0 Å². The van der Waals surface area contributed by atoms with Crippen LogP contribution in [-0.2, 0) is 0 Å². The zero-order valence-electron chi connectivity index (χ0n) is 6.98. The fraction of sp³-hybridized carbons (Fsp3) is 0.556. The van der Waals surface area contributed by atoms with Gasteiger partial charge >= 0.3 is 0 Å². The van der Waals surface area contributed by atoms with Crippen molar-refractivity contribution < 1.29 is 0 Å². The van der Waals surface area contributed by atoms with Gasteiger partial charge in [-0.15, -0.1) is 0 Å². The van der Waals surface area contributed by atoms with E-state index in [-0.39, 0.29) is 0 Å². The van der Waals surface area contributed by atoms with Crippen LogP contribution in [0, 0.1) is 0 Å². The molecule has 0 aliphatic carbocycles. The Morgan fingerprint density at radius 3 is 3.00 bits per heavy atom. The Hall–Kier alpha value is -0.960. The van der Waals surface area contributed by atoms with Crippen LogP contribution in [0.3, 0.4) is 0 Å². The lowest BCUT2D eigenvalue weighted by atomic mass is 10.0. The van der Waals surface area contributed by atoms with Gasteiger partial charge in [0, 0.05) is 12.7 Å². The van der Waals surface area contributed by atoms with Crippen molar-refractivity contribution in [3.05, 3.63) is 24.0 Å². The van der Waals surface area contributed by atoms with E-state index in [2.05, 4.69) is 15.5 Å². The van der Waals surface area contributed by atoms with Crippen molar-refractivity contribution in [2.45, 2.75) is 25.3 Å². The van der Waals surface area contributed by atoms with Gasteiger partial charge in [-0.1, -0.05) is 6.42 Å². The van der Waals surface area contributed by atoms with E-state index in [0.29, 0.717) is 6.04 Å². The fourth-order valence-electron chi connectivity index (χ4n) is 1.52. The van der Waals surface area contributed by atoms with E-state index in [4.69, 9.17) is 0 Å². The van der Waals surface area contributed by atoms with E-state index in [1.165, 1.54) is 12.8 Å². The summed E-state index contributed by atoms with van der Waals surface area (Å²) in [5.74, 6) is 0. The molecule has 0 N–H and O–H groups in total. The lowest BCUT2D eigenvalue weighted by Gasteiger charge is -2.20. The molecular formula is C9H12N3. The Balaban J connectivity index is 2.08. The van der Waals surface area contributed by atoms with E-state index in [9.17, 15) is 0 Å². The molecule has 1 radical (unpaired) electrons. The minimum Gasteiger partial charge on any atom is -0.232 e. The Morgan fingerprint density at radius 1 is 1.33 bits per heavy atom. The molecule has 1 aromatic rings. The van der Waals surface area contributed by atoms with E-state index in [1.807, 2.05) is 12.1 Å². The van der Waals surface area contributed by atoms with Crippen LogP contribution in [-0.4, -0.2) is 16.7 Å². The summed E-state index contributed by atoms with van der Waals surface area (Å²) >= 11 is 0. The Morgan fingerprint density at radius 2 is 2.33 bits per heavy atom. The summed E-state index contributed by atoms with van der Waals surface area (Å²) < 4.78 is 0. The lowest BCUT2D eigenvalue weighted by Crippen LogP contribution is -2.21. The molecule has 1 unspecified atom stereocenters. The zero-order valence-corrected chi connectivity index (χ0v) is 6.98. The smallest absolute Gasteiger partial charge is 0.0816 e. The monoisotopic (exact) mass is 162 g/mol. The van der Waals surface area contributed by atoms with Crippen molar-refractivity contribution in [3.8, 4) is 0 Å². The lowest BCUT2D eigenvalue weighted by molar-refractivity contribution is 0.394. The van der Waals surface area contributed by atoms with Crippen LogP contribution in [0.2, 0.25) is 0 Å². The topological polar surface area (TPSA) is 39.9 Å². The Kier molecular flexibility index (Phi) is 2.32. The van der Waals surface area contributed by atoms with Crippen LogP contribution in [0.1, 0.15) is 31.0 Å². The number of aromatic nitrogens is 2. The first-order valence-electron chi connectivity index (χ1n) is 4.41. The summed E-state index contributed by atoms with van der Waals surface area (Å²) in [4.78, 5) is 0. The molecule has 2 rings (SSSR count). The second-order valence-electron chi connectivity index (χ2n) is 3.07. The molecule has 1 saturated heterocycles. The zero-order chi connectivity index (χ0) is 8.23. The maximum absolute atomic E-state index is 4.50. The van der Waals surface area contributed by atoms with E-state index < -0.39 is 0 Å². The predicted octanol–water partition coefficient (Wildman–Crippen LogP) is 1.31. The van der Waals surface area contributed by atoms with Crippen molar-refractivity contribution in [2.24, 2.45) is 0 Å². The minimum absolute atomic E-state index is 0.312. The van der Waals surface area contributed by atoms with Gasteiger partial charge in [0.15, 0.2) is 0 Å². The summed E-state index contributed by atoms with van der Waals surface area (Å²) in [5.41, 5.74) is 1.03. The molecule has 1 atom stereocenters. The van der Waals surface area contributed by atoms with Gasteiger partial charge in [-0.05, 0) is 25.0 Å². The van der Waals surface area contributed by atoms with Crippen molar-refractivity contribution in [3.63, 3.8) is 0 Å². The maximum atomic E-state index is 4.50. The van der Waals surface area contributed by atoms with Gasteiger partial charge in [0.25, 0.3) is 0 Å². The highest BCUT2D eigenvalue weighted by molar-refractivity contribution is 5.05. The summed E-state index contributed by atoms with van der Waals surface area (Å²) in [7, 11) is 0. The molecule has 63 valence electrons. The van der Waals surface area contributed by atoms with Gasteiger partial charge in [-0.3, -0.25) is 0 Å². The third-order valence-corrected chi connectivity index (χ3v) is 2.17. The molecule has 3 nitrogen and oxygen atoms in total. The number of hydrogen-bond acceptors (Lipinski definition) is 2. The van der Waals surface area contributed by atoms with Crippen LogP contribution in [0.25, 0.3) is 0 Å². The normalized spacial score (nSPS) is 23.8. The van der Waals surface area contributed by atoms with Gasteiger partial charge in [-0.2, -0.15) is 10.2 Å². The summed E-state index contributed by atoms with van der Waals surface area (Å²) in [6, 6.07) is 4.24. The van der Waals surface area contributed by atoms with Gasteiger partial charge < -0.3 is 0 Å². The molecule has 0 bridgehead atoms. The second kappa shape index (κ2) is 3.63. The fourth-order valence-corrected chi connectivity index (χ4v) is 1.52. The van der Waals surface area contributed by atoms with Gasteiger partial charge in [0.05, 0.1) is 11.7 Å². The summed E-state index contributed by atoms with van der Waals surface area (Å²) in [5, 5.41) is 12.4.